The SMILES string of the molecule is [2H]c1c([2H])c([2H])c(-n2c3ccccc3c3cc4ccc5c6ccccc6oc5c4cc32)c([2H])c1[2H]. The normalized spacial score (nSPS) is 14.3. The summed E-state index contributed by atoms with van der Waals surface area (Å²) in [7, 11) is 0. The number of aromatic nitrogens is 1. The molecular formula is C28H17NO. The molecule has 2 heteroatoms. The van der Waals surface area contributed by atoms with Crippen molar-refractivity contribution in [3.8, 4) is 5.69 Å². The molecule has 0 radical (unpaired) electrons. The maximum absolute atomic E-state index is 8.62. The summed E-state index contributed by atoms with van der Waals surface area (Å²) in [5.74, 6) is 0. The maximum atomic E-state index is 8.62. The van der Waals surface area contributed by atoms with E-state index >= 15 is 0 Å². The molecule has 2 heterocycles. The van der Waals surface area contributed by atoms with Crippen LogP contribution in [-0.2, 0) is 0 Å². The number of hydrogen-bond donors (Lipinski definition) is 0. The molecule has 0 amide bonds. The zero-order chi connectivity index (χ0) is 24.0. The minimum atomic E-state index is -0.404. The molecule has 0 N–H and O–H groups in total. The first-order valence-electron chi connectivity index (χ1n) is 12.3. The summed E-state index contributed by atoms with van der Waals surface area (Å²) in [6.07, 6.45) is 0. The lowest BCUT2D eigenvalue weighted by Crippen LogP contribution is -1.92. The highest BCUT2D eigenvalue weighted by Crippen LogP contribution is 2.39. The van der Waals surface area contributed by atoms with E-state index in [1.165, 1.54) is 0 Å². The maximum Gasteiger partial charge on any atom is 0.143 e. The van der Waals surface area contributed by atoms with Gasteiger partial charge in [-0.25, -0.2) is 0 Å². The molecule has 0 aliphatic rings. The third-order valence-electron chi connectivity index (χ3n) is 5.86. The fourth-order valence-corrected chi connectivity index (χ4v) is 4.57. The van der Waals surface area contributed by atoms with Crippen LogP contribution >= 0.6 is 0 Å². The second-order valence-corrected chi connectivity index (χ2v) is 7.46. The van der Waals surface area contributed by atoms with Gasteiger partial charge in [0.15, 0.2) is 0 Å². The third-order valence-corrected chi connectivity index (χ3v) is 5.86. The van der Waals surface area contributed by atoms with Crippen molar-refractivity contribution in [3.05, 3.63) is 103 Å². The standard InChI is InChI=1S/C28H17NO/c1-2-8-19(9-3-1)29-25-12-6-4-10-20(25)24-16-18-14-15-22-21-11-5-7-13-27(21)30-28(22)23(18)17-26(24)29/h1-17H/i1D,2D,3D,8D,9D. The van der Waals surface area contributed by atoms with Crippen molar-refractivity contribution >= 4 is 54.5 Å². The molecule has 30 heavy (non-hydrogen) atoms. The summed E-state index contributed by atoms with van der Waals surface area (Å²) in [6.45, 7) is 0. The Balaban J connectivity index is 1.71. The summed E-state index contributed by atoms with van der Waals surface area (Å²) in [6, 6.07) is 22.3. The van der Waals surface area contributed by atoms with Gasteiger partial charge in [0.2, 0.25) is 0 Å². The van der Waals surface area contributed by atoms with Crippen molar-refractivity contribution in [1.82, 2.24) is 4.57 Å². The molecule has 2 nitrogen and oxygen atoms in total. The number of furan rings is 1. The van der Waals surface area contributed by atoms with Crippen molar-refractivity contribution in [2.75, 3.05) is 0 Å². The summed E-state index contributed by atoms with van der Waals surface area (Å²) < 4.78 is 49.7. The summed E-state index contributed by atoms with van der Waals surface area (Å²) in [4.78, 5) is 0. The van der Waals surface area contributed by atoms with Gasteiger partial charge in [-0.2, -0.15) is 0 Å². The molecule has 0 aliphatic carbocycles. The average molecular weight is 388 g/mol. The van der Waals surface area contributed by atoms with Gasteiger partial charge < -0.3 is 8.98 Å². The molecule has 7 rings (SSSR count). The first-order valence-corrected chi connectivity index (χ1v) is 9.80. The molecule has 0 spiro atoms. The summed E-state index contributed by atoms with van der Waals surface area (Å²) in [5.41, 5.74) is 3.24. The highest BCUT2D eigenvalue weighted by Gasteiger charge is 2.16. The van der Waals surface area contributed by atoms with Gasteiger partial charge in [0, 0.05) is 32.6 Å². The minimum Gasteiger partial charge on any atom is -0.455 e. The minimum absolute atomic E-state index is 0.137. The van der Waals surface area contributed by atoms with Crippen molar-refractivity contribution in [1.29, 1.82) is 0 Å². The molecule has 0 aliphatic heterocycles. The van der Waals surface area contributed by atoms with E-state index in [9.17, 15) is 0 Å². The van der Waals surface area contributed by atoms with Crippen LogP contribution in [0.4, 0.5) is 0 Å². The molecule has 0 atom stereocenters. The Morgan fingerprint density at radius 2 is 1.43 bits per heavy atom. The number of nitrogens with zero attached hydrogens (tertiary/aromatic N) is 1. The van der Waals surface area contributed by atoms with E-state index < -0.39 is 6.04 Å². The fraction of sp³-hybridized carbons (Fsp3) is 0. The van der Waals surface area contributed by atoms with Crippen LogP contribution in [0, 0.1) is 0 Å². The van der Waals surface area contributed by atoms with Crippen molar-refractivity contribution in [3.63, 3.8) is 0 Å². The van der Waals surface area contributed by atoms with Crippen LogP contribution in [0.1, 0.15) is 6.85 Å². The lowest BCUT2D eigenvalue weighted by atomic mass is 10.0. The number of para-hydroxylation sites is 3. The van der Waals surface area contributed by atoms with Crippen molar-refractivity contribution < 1.29 is 11.3 Å². The van der Waals surface area contributed by atoms with Gasteiger partial charge in [-0.05, 0) is 47.8 Å². The third kappa shape index (κ3) is 2.03. The molecule has 7 aromatic rings. The average Bonchev–Trinajstić information content (AvgIpc) is 3.41. The van der Waals surface area contributed by atoms with Crippen LogP contribution in [0.5, 0.6) is 0 Å². The molecule has 0 fully saturated rings. The lowest BCUT2D eigenvalue weighted by molar-refractivity contribution is 0.672. The predicted molar refractivity (Wildman–Crippen MR) is 126 cm³/mol. The van der Waals surface area contributed by atoms with Crippen LogP contribution in [0.25, 0.3) is 60.2 Å². The van der Waals surface area contributed by atoms with Crippen molar-refractivity contribution in [2.45, 2.75) is 0 Å². The molecule has 140 valence electrons. The van der Waals surface area contributed by atoms with E-state index in [0.29, 0.717) is 0 Å². The topological polar surface area (TPSA) is 18.1 Å². The van der Waals surface area contributed by atoms with E-state index in [1.807, 2.05) is 54.6 Å². The van der Waals surface area contributed by atoms with Gasteiger partial charge in [-0.15, -0.1) is 0 Å². The fourth-order valence-electron chi connectivity index (χ4n) is 4.57. The van der Waals surface area contributed by atoms with Crippen LogP contribution in [-0.4, -0.2) is 4.57 Å². The molecule has 0 saturated heterocycles. The Morgan fingerprint density at radius 3 is 2.33 bits per heavy atom. The predicted octanol–water partition coefficient (Wildman–Crippen LogP) is 7.84. The van der Waals surface area contributed by atoms with E-state index in [4.69, 9.17) is 11.3 Å². The second kappa shape index (κ2) is 5.74. The molecule has 0 unspecified atom stereocenters. The Hall–Kier alpha value is -4.04. The van der Waals surface area contributed by atoms with Crippen LogP contribution in [0.15, 0.2) is 107 Å². The smallest absolute Gasteiger partial charge is 0.143 e. The number of rotatable bonds is 1. The Bertz CT molecular complexity index is 1990. The van der Waals surface area contributed by atoms with E-state index in [-0.39, 0.29) is 29.9 Å². The lowest BCUT2D eigenvalue weighted by Gasteiger charge is -2.08. The first kappa shape index (κ1) is 11.8. The van der Waals surface area contributed by atoms with Gasteiger partial charge in [-0.1, -0.05) is 60.6 Å². The summed E-state index contributed by atoms with van der Waals surface area (Å²) >= 11 is 0. The van der Waals surface area contributed by atoms with E-state index in [0.717, 1.165) is 54.5 Å². The van der Waals surface area contributed by atoms with Gasteiger partial charge in [0.1, 0.15) is 11.2 Å². The number of hydrogen-bond acceptors (Lipinski definition) is 1. The molecule has 0 saturated carbocycles. The largest absolute Gasteiger partial charge is 0.455 e. The van der Waals surface area contributed by atoms with Gasteiger partial charge in [0.05, 0.1) is 17.9 Å². The molecule has 5 aromatic carbocycles. The Kier molecular flexibility index (Phi) is 2.27. The van der Waals surface area contributed by atoms with Crippen molar-refractivity contribution in [2.24, 2.45) is 0 Å². The van der Waals surface area contributed by atoms with Gasteiger partial charge in [-0.3, -0.25) is 0 Å². The monoisotopic (exact) mass is 388 g/mol. The highest BCUT2D eigenvalue weighted by atomic mass is 16.3. The number of fused-ring (bicyclic) bond motifs is 8. The highest BCUT2D eigenvalue weighted by molar-refractivity contribution is 6.20. The molecule has 2 aromatic heterocycles. The zero-order valence-corrected chi connectivity index (χ0v) is 15.8. The van der Waals surface area contributed by atoms with Gasteiger partial charge >= 0.3 is 0 Å². The zero-order valence-electron chi connectivity index (χ0n) is 20.8. The van der Waals surface area contributed by atoms with Crippen LogP contribution in [0.2, 0.25) is 0 Å². The Labute approximate surface area is 179 Å². The van der Waals surface area contributed by atoms with Gasteiger partial charge in [0.25, 0.3) is 0 Å². The van der Waals surface area contributed by atoms with Crippen LogP contribution < -0.4 is 0 Å². The second-order valence-electron chi connectivity index (χ2n) is 7.46. The quantitative estimate of drug-likeness (QED) is 0.280. The first-order chi connectivity index (χ1) is 17.0. The molecule has 0 bridgehead atoms. The summed E-state index contributed by atoms with van der Waals surface area (Å²) in [5, 5.41) is 5.85. The van der Waals surface area contributed by atoms with E-state index in [2.05, 4.69) is 18.2 Å². The van der Waals surface area contributed by atoms with Crippen LogP contribution in [0.3, 0.4) is 0 Å². The Morgan fingerprint density at radius 1 is 0.633 bits per heavy atom. The van der Waals surface area contributed by atoms with E-state index in [1.54, 1.807) is 4.57 Å². The molecular weight excluding hydrogens is 366 g/mol. The number of benzene rings is 5.